The minimum atomic E-state index is -0.146. The zero-order valence-electron chi connectivity index (χ0n) is 18.4. The molecule has 0 bridgehead atoms. The van der Waals surface area contributed by atoms with Crippen molar-refractivity contribution in [2.45, 2.75) is 6.92 Å². The molecular weight excluding hydrogens is 398 g/mol. The molecule has 2 aromatic rings. The van der Waals surface area contributed by atoms with Crippen LogP contribution >= 0.6 is 0 Å². The molecule has 1 saturated heterocycles. The highest BCUT2D eigenvalue weighted by molar-refractivity contribution is 5.94. The fourth-order valence-corrected chi connectivity index (χ4v) is 3.54. The third-order valence-electron chi connectivity index (χ3n) is 5.27. The van der Waals surface area contributed by atoms with Gasteiger partial charge in [-0.25, -0.2) is 0 Å². The van der Waals surface area contributed by atoms with Crippen LogP contribution in [0.25, 0.3) is 0 Å². The first-order chi connectivity index (χ1) is 14.9. The van der Waals surface area contributed by atoms with Crippen LogP contribution in [-0.2, 0) is 4.79 Å². The van der Waals surface area contributed by atoms with Gasteiger partial charge in [0.25, 0.3) is 5.91 Å². The van der Waals surface area contributed by atoms with Crippen molar-refractivity contribution < 1.29 is 23.8 Å². The van der Waals surface area contributed by atoms with Gasteiger partial charge in [-0.2, -0.15) is 0 Å². The van der Waals surface area contributed by atoms with Gasteiger partial charge < -0.3 is 24.4 Å². The Kier molecular flexibility index (Phi) is 7.36. The van der Waals surface area contributed by atoms with Crippen LogP contribution in [0.1, 0.15) is 15.9 Å². The largest absolute Gasteiger partial charge is 0.493 e. The van der Waals surface area contributed by atoms with E-state index >= 15 is 0 Å². The van der Waals surface area contributed by atoms with Crippen molar-refractivity contribution in [1.82, 2.24) is 9.80 Å². The number of aryl methyl sites for hydroxylation is 1. The summed E-state index contributed by atoms with van der Waals surface area (Å²) in [6.07, 6.45) is 0. The predicted molar refractivity (Wildman–Crippen MR) is 118 cm³/mol. The summed E-state index contributed by atoms with van der Waals surface area (Å²) in [6.45, 7) is 4.69. The average molecular weight is 428 g/mol. The molecule has 1 aliphatic rings. The summed E-state index contributed by atoms with van der Waals surface area (Å²) in [5, 5.41) is 2.88. The number of nitrogens with zero attached hydrogens (tertiary/aromatic N) is 2. The molecule has 8 nitrogen and oxygen atoms in total. The molecule has 166 valence electrons. The SMILES string of the molecule is COc1cc(NC(=O)CN2CCN(C(=O)c3ccc(C)cc3)CC2)cc(OC)c1OC. The quantitative estimate of drug-likeness (QED) is 0.731. The van der Waals surface area contributed by atoms with E-state index in [1.165, 1.54) is 21.3 Å². The van der Waals surface area contributed by atoms with Crippen LogP contribution in [0, 0.1) is 6.92 Å². The van der Waals surface area contributed by atoms with E-state index in [0.29, 0.717) is 54.7 Å². The van der Waals surface area contributed by atoms with E-state index in [1.807, 2.05) is 41.0 Å². The fourth-order valence-electron chi connectivity index (χ4n) is 3.54. The van der Waals surface area contributed by atoms with Gasteiger partial charge in [-0.15, -0.1) is 0 Å². The standard InChI is InChI=1S/C23H29N3O5/c1-16-5-7-17(8-6-16)23(28)26-11-9-25(10-12-26)15-21(27)24-18-13-19(29-2)22(31-4)20(14-18)30-3/h5-8,13-14H,9-12,15H2,1-4H3,(H,24,27). The van der Waals surface area contributed by atoms with E-state index in [4.69, 9.17) is 14.2 Å². The Labute approximate surface area is 182 Å². The zero-order chi connectivity index (χ0) is 22.4. The van der Waals surface area contributed by atoms with Crippen molar-refractivity contribution in [3.05, 3.63) is 47.5 Å². The number of ether oxygens (including phenoxy) is 3. The lowest BCUT2D eigenvalue weighted by atomic mass is 10.1. The summed E-state index contributed by atoms with van der Waals surface area (Å²) in [5.41, 5.74) is 2.38. The Hall–Kier alpha value is -3.26. The molecule has 0 aromatic heterocycles. The second kappa shape index (κ2) is 10.2. The van der Waals surface area contributed by atoms with Gasteiger partial charge in [0.2, 0.25) is 11.7 Å². The van der Waals surface area contributed by atoms with E-state index in [9.17, 15) is 9.59 Å². The van der Waals surface area contributed by atoms with Gasteiger partial charge in [0.15, 0.2) is 11.5 Å². The first kappa shape index (κ1) is 22.4. The highest BCUT2D eigenvalue weighted by Gasteiger charge is 2.23. The first-order valence-electron chi connectivity index (χ1n) is 10.1. The van der Waals surface area contributed by atoms with Gasteiger partial charge in [-0.05, 0) is 19.1 Å². The van der Waals surface area contributed by atoms with Crippen LogP contribution < -0.4 is 19.5 Å². The Bertz CT molecular complexity index is 896. The average Bonchev–Trinajstić information content (AvgIpc) is 2.78. The van der Waals surface area contributed by atoms with E-state index in [-0.39, 0.29) is 18.4 Å². The summed E-state index contributed by atoms with van der Waals surface area (Å²) < 4.78 is 16.0. The maximum atomic E-state index is 12.6. The maximum Gasteiger partial charge on any atom is 0.253 e. The van der Waals surface area contributed by atoms with Gasteiger partial charge in [0.05, 0.1) is 27.9 Å². The molecule has 1 aliphatic heterocycles. The number of carbonyl (C=O) groups is 2. The molecule has 31 heavy (non-hydrogen) atoms. The van der Waals surface area contributed by atoms with Crippen molar-refractivity contribution in [3.63, 3.8) is 0 Å². The Morgan fingerprint density at radius 1 is 0.903 bits per heavy atom. The number of piperazine rings is 1. The molecule has 0 saturated carbocycles. The van der Waals surface area contributed by atoms with E-state index < -0.39 is 0 Å². The van der Waals surface area contributed by atoms with Crippen molar-refractivity contribution in [2.75, 3.05) is 59.4 Å². The topological polar surface area (TPSA) is 80.3 Å². The molecule has 2 amide bonds. The molecule has 0 atom stereocenters. The molecule has 0 radical (unpaired) electrons. The number of rotatable bonds is 7. The third kappa shape index (κ3) is 5.46. The number of benzene rings is 2. The second-order valence-electron chi connectivity index (χ2n) is 7.40. The fraction of sp³-hybridized carbons (Fsp3) is 0.391. The van der Waals surface area contributed by atoms with Crippen LogP contribution in [0.3, 0.4) is 0 Å². The normalized spacial score (nSPS) is 14.1. The van der Waals surface area contributed by atoms with E-state index in [0.717, 1.165) is 5.56 Å². The molecule has 2 aromatic carbocycles. The van der Waals surface area contributed by atoms with Gasteiger partial charge in [-0.1, -0.05) is 17.7 Å². The van der Waals surface area contributed by atoms with Crippen molar-refractivity contribution >= 4 is 17.5 Å². The highest BCUT2D eigenvalue weighted by atomic mass is 16.5. The lowest BCUT2D eigenvalue weighted by Gasteiger charge is -2.34. The van der Waals surface area contributed by atoms with Crippen LogP contribution in [-0.4, -0.2) is 75.7 Å². The molecule has 1 N–H and O–H groups in total. The molecular formula is C23H29N3O5. The molecule has 8 heteroatoms. The summed E-state index contributed by atoms with van der Waals surface area (Å²) in [4.78, 5) is 29.1. The minimum Gasteiger partial charge on any atom is -0.493 e. The second-order valence-corrected chi connectivity index (χ2v) is 7.40. The molecule has 0 aliphatic carbocycles. The molecule has 0 unspecified atom stereocenters. The Balaban J connectivity index is 1.54. The zero-order valence-corrected chi connectivity index (χ0v) is 18.4. The van der Waals surface area contributed by atoms with Gasteiger partial charge in [0, 0.05) is 49.6 Å². The summed E-state index contributed by atoms with van der Waals surface area (Å²) >= 11 is 0. The lowest BCUT2D eigenvalue weighted by Crippen LogP contribution is -2.50. The highest BCUT2D eigenvalue weighted by Crippen LogP contribution is 2.39. The van der Waals surface area contributed by atoms with Crippen molar-refractivity contribution in [1.29, 1.82) is 0 Å². The lowest BCUT2D eigenvalue weighted by molar-refractivity contribution is -0.117. The van der Waals surface area contributed by atoms with Crippen LogP contribution in [0.15, 0.2) is 36.4 Å². The van der Waals surface area contributed by atoms with Crippen molar-refractivity contribution in [3.8, 4) is 17.2 Å². The van der Waals surface area contributed by atoms with E-state index in [2.05, 4.69) is 5.32 Å². The number of hydrogen-bond acceptors (Lipinski definition) is 6. The number of anilines is 1. The van der Waals surface area contributed by atoms with Crippen LogP contribution in [0.2, 0.25) is 0 Å². The van der Waals surface area contributed by atoms with Gasteiger partial charge in [0.1, 0.15) is 0 Å². The van der Waals surface area contributed by atoms with Crippen molar-refractivity contribution in [2.24, 2.45) is 0 Å². The molecule has 0 spiro atoms. The molecule has 3 rings (SSSR count). The number of nitrogens with one attached hydrogen (secondary N) is 1. The monoisotopic (exact) mass is 427 g/mol. The number of amides is 2. The summed E-state index contributed by atoms with van der Waals surface area (Å²) in [5.74, 6) is 1.30. The minimum absolute atomic E-state index is 0.0292. The molecule has 1 fully saturated rings. The number of methoxy groups -OCH3 is 3. The Morgan fingerprint density at radius 2 is 1.48 bits per heavy atom. The van der Waals surface area contributed by atoms with Crippen LogP contribution in [0.5, 0.6) is 17.2 Å². The van der Waals surface area contributed by atoms with Crippen LogP contribution in [0.4, 0.5) is 5.69 Å². The summed E-state index contributed by atoms with van der Waals surface area (Å²) in [6, 6.07) is 11.0. The van der Waals surface area contributed by atoms with E-state index in [1.54, 1.807) is 12.1 Å². The van der Waals surface area contributed by atoms with Gasteiger partial charge in [-0.3, -0.25) is 14.5 Å². The maximum absolute atomic E-state index is 12.6. The number of hydrogen-bond donors (Lipinski definition) is 1. The smallest absolute Gasteiger partial charge is 0.253 e. The number of carbonyl (C=O) groups excluding carboxylic acids is 2. The van der Waals surface area contributed by atoms with Gasteiger partial charge >= 0.3 is 0 Å². The molecule has 1 heterocycles. The predicted octanol–water partition coefficient (Wildman–Crippen LogP) is 2.42. The third-order valence-corrected chi connectivity index (χ3v) is 5.27. The first-order valence-corrected chi connectivity index (χ1v) is 10.1. The Morgan fingerprint density at radius 3 is 2.00 bits per heavy atom. The summed E-state index contributed by atoms with van der Waals surface area (Å²) in [7, 11) is 4.59.